The minimum Gasteiger partial charge on any atom is -0.330 e. The first kappa shape index (κ1) is 18.1. The molecule has 2 aromatic heterocycles. The van der Waals surface area contributed by atoms with Gasteiger partial charge in [0.15, 0.2) is 5.82 Å². The van der Waals surface area contributed by atoms with Crippen molar-refractivity contribution >= 4 is 11.6 Å². The van der Waals surface area contributed by atoms with Crippen LogP contribution in [0.5, 0.6) is 0 Å². The van der Waals surface area contributed by atoms with Crippen molar-refractivity contribution in [2.24, 2.45) is 7.05 Å². The lowest BCUT2D eigenvalue weighted by Crippen LogP contribution is -2.35. The molecule has 1 unspecified atom stereocenters. The molecule has 0 radical (unpaired) electrons. The molecule has 1 aliphatic heterocycles. The van der Waals surface area contributed by atoms with Gasteiger partial charge < -0.3 is 9.13 Å². The van der Waals surface area contributed by atoms with E-state index in [1.54, 1.807) is 24.7 Å². The zero-order valence-electron chi connectivity index (χ0n) is 15.2. The molecule has 8 heteroatoms. The van der Waals surface area contributed by atoms with Crippen LogP contribution in [0.1, 0.15) is 36.0 Å². The molecule has 3 aromatic rings. The standard InChI is InChI=1S/C19H22ClFN6/c1-25-18(12-27-9-7-22-13-27)23-24-19(25)14-4-3-8-26(10-14)11-15-16(20)5-2-6-17(15)21/h2,5-7,9,13-14H,3-4,8,10-12H2,1H3. The van der Waals surface area contributed by atoms with E-state index in [0.29, 0.717) is 23.7 Å². The van der Waals surface area contributed by atoms with Gasteiger partial charge in [0, 0.05) is 49.0 Å². The topological polar surface area (TPSA) is 51.8 Å². The maximum absolute atomic E-state index is 14.1. The van der Waals surface area contributed by atoms with Gasteiger partial charge in [0.25, 0.3) is 0 Å². The number of nitrogens with zero attached hydrogens (tertiary/aromatic N) is 6. The Morgan fingerprint density at radius 3 is 2.93 bits per heavy atom. The van der Waals surface area contributed by atoms with Crippen LogP contribution in [0.4, 0.5) is 4.39 Å². The molecule has 0 spiro atoms. The van der Waals surface area contributed by atoms with Gasteiger partial charge in [-0.25, -0.2) is 9.37 Å². The number of piperidine rings is 1. The molecule has 142 valence electrons. The van der Waals surface area contributed by atoms with E-state index in [4.69, 9.17) is 11.6 Å². The Bertz CT molecular complexity index is 887. The van der Waals surface area contributed by atoms with Crippen LogP contribution in [0.25, 0.3) is 0 Å². The van der Waals surface area contributed by atoms with Gasteiger partial charge >= 0.3 is 0 Å². The molecule has 0 aliphatic carbocycles. The molecule has 6 nitrogen and oxygen atoms in total. The van der Waals surface area contributed by atoms with Gasteiger partial charge in [-0.15, -0.1) is 10.2 Å². The van der Waals surface area contributed by atoms with Crippen molar-refractivity contribution in [2.75, 3.05) is 13.1 Å². The Morgan fingerprint density at radius 1 is 1.26 bits per heavy atom. The summed E-state index contributed by atoms with van der Waals surface area (Å²) >= 11 is 6.20. The maximum Gasteiger partial charge on any atom is 0.152 e. The lowest BCUT2D eigenvalue weighted by molar-refractivity contribution is 0.193. The summed E-state index contributed by atoms with van der Waals surface area (Å²) in [5.41, 5.74) is 0.568. The van der Waals surface area contributed by atoms with Crippen LogP contribution in [-0.2, 0) is 20.1 Å². The number of imidazole rings is 1. The molecule has 1 fully saturated rings. The Hall–Kier alpha value is -2.25. The van der Waals surface area contributed by atoms with Crippen LogP contribution in [-0.4, -0.2) is 42.3 Å². The minimum atomic E-state index is -0.245. The second-order valence-corrected chi connectivity index (χ2v) is 7.45. The van der Waals surface area contributed by atoms with Crippen molar-refractivity contribution in [3.63, 3.8) is 0 Å². The molecule has 1 atom stereocenters. The molecule has 1 saturated heterocycles. The predicted octanol–water partition coefficient (Wildman–Crippen LogP) is 3.23. The van der Waals surface area contributed by atoms with Gasteiger partial charge in [-0.1, -0.05) is 17.7 Å². The summed E-state index contributed by atoms with van der Waals surface area (Å²) in [5.74, 6) is 1.91. The Labute approximate surface area is 162 Å². The van der Waals surface area contributed by atoms with Crippen molar-refractivity contribution in [1.29, 1.82) is 0 Å². The van der Waals surface area contributed by atoms with E-state index in [1.807, 2.05) is 17.8 Å². The summed E-state index contributed by atoms with van der Waals surface area (Å²) in [5, 5.41) is 9.30. The number of benzene rings is 1. The normalized spacial score (nSPS) is 18.1. The zero-order valence-corrected chi connectivity index (χ0v) is 16.0. The number of hydrogen-bond donors (Lipinski definition) is 0. The van der Waals surface area contributed by atoms with Crippen LogP contribution >= 0.6 is 11.6 Å². The van der Waals surface area contributed by atoms with E-state index in [2.05, 4.69) is 24.6 Å². The summed E-state index contributed by atoms with van der Waals surface area (Å²) < 4.78 is 18.2. The zero-order chi connectivity index (χ0) is 18.8. The Kier molecular flexibility index (Phi) is 5.22. The molecular weight excluding hydrogens is 367 g/mol. The van der Waals surface area contributed by atoms with Crippen molar-refractivity contribution in [3.05, 3.63) is 65.0 Å². The minimum absolute atomic E-state index is 0.245. The van der Waals surface area contributed by atoms with E-state index in [-0.39, 0.29) is 11.7 Å². The lowest BCUT2D eigenvalue weighted by atomic mass is 9.96. The quantitative estimate of drug-likeness (QED) is 0.673. The largest absolute Gasteiger partial charge is 0.330 e. The molecule has 0 N–H and O–H groups in total. The van der Waals surface area contributed by atoms with E-state index < -0.39 is 0 Å². The van der Waals surface area contributed by atoms with E-state index in [1.165, 1.54) is 6.07 Å². The summed E-state index contributed by atoms with van der Waals surface area (Å²) in [6, 6.07) is 4.85. The van der Waals surface area contributed by atoms with Crippen LogP contribution in [0.15, 0.2) is 36.9 Å². The predicted molar refractivity (Wildman–Crippen MR) is 101 cm³/mol. The van der Waals surface area contributed by atoms with Gasteiger partial charge in [0.05, 0.1) is 12.9 Å². The Balaban J connectivity index is 1.48. The number of hydrogen-bond acceptors (Lipinski definition) is 4. The molecule has 1 aromatic carbocycles. The smallest absolute Gasteiger partial charge is 0.152 e. The highest BCUT2D eigenvalue weighted by Gasteiger charge is 2.26. The van der Waals surface area contributed by atoms with Crippen molar-refractivity contribution in [1.82, 2.24) is 29.2 Å². The highest BCUT2D eigenvalue weighted by Crippen LogP contribution is 2.28. The summed E-state index contributed by atoms with van der Waals surface area (Å²) in [6.07, 6.45) is 7.53. The molecule has 0 amide bonds. The van der Waals surface area contributed by atoms with Crippen molar-refractivity contribution < 1.29 is 4.39 Å². The summed E-state index contributed by atoms with van der Waals surface area (Å²) in [6.45, 7) is 2.91. The fourth-order valence-electron chi connectivity index (χ4n) is 3.73. The lowest BCUT2D eigenvalue weighted by Gasteiger charge is -2.32. The first-order valence-electron chi connectivity index (χ1n) is 9.11. The van der Waals surface area contributed by atoms with Gasteiger partial charge in [-0.05, 0) is 31.5 Å². The highest BCUT2D eigenvalue weighted by molar-refractivity contribution is 6.31. The molecule has 4 rings (SSSR count). The SMILES string of the molecule is Cn1c(Cn2ccnc2)nnc1C1CCCN(Cc2c(F)cccc2Cl)C1. The van der Waals surface area contributed by atoms with Gasteiger partial charge in [0.1, 0.15) is 11.6 Å². The van der Waals surface area contributed by atoms with Crippen LogP contribution in [0.2, 0.25) is 5.02 Å². The van der Waals surface area contributed by atoms with Crippen molar-refractivity contribution in [2.45, 2.75) is 31.8 Å². The van der Waals surface area contributed by atoms with Gasteiger partial charge in [-0.3, -0.25) is 4.90 Å². The average molecular weight is 389 g/mol. The number of aromatic nitrogens is 5. The second kappa shape index (κ2) is 7.78. The van der Waals surface area contributed by atoms with Crippen LogP contribution in [0.3, 0.4) is 0 Å². The molecule has 27 heavy (non-hydrogen) atoms. The third-order valence-corrected chi connectivity index (χ3v) is 5.55. The first-order valence-corrected chi connectivity index (χ1v) is 9.48. The first-order chi connectivity index (χ1) is 13.1. The fraction of sp³-hybridized carbons (Fsp3) is 0.421. The van der Waals surface area contributed by atoms with E-state index in [9.17, 15) is 4.39 Å². The fourth-order valence-corrected chi connectivity index (χ4v) is 3.95. The molecule has 1 aliphatic rings. The van der Waals surface area contributed by atoms with Crippen LogP contribution in [0, 0.1) is 5.82 Å². The third-order valence-electron chi connectivity index (χ3n) is 5.20. The summed E-state index contributed by atoms with van der Waals surface area (Å²) in [4.78, 5) is 6.32. The number of halogens is 2. The number of rotatable bonds is 5. The Morgan fingerprint density at radius 2 is 2.15 bits per heavy atom. The molecule has 3 heterocycles. The molecule has 0 saturated carbocycles. The van der Waals surface area contributed by atoms with E-state index >= 15 is 0 Å². The van der Waals surface area contributed by atoms with Crippen molar-refractivity contribution in [3.8, 4) is 0 Å². The highest BCUT2D eigenvalue weighted by atomic mass is 35.5. The second-order valence-electron chi connectivity index (χ2n) is 7.04. The van der Waals surface area contributed by atoms with E-state index in [0.717, 1.165) is 37.6 Å². The van der Waals surface area contributed by atoms with Gasteiger partial charge in [-0.2, -0.15) is 0 Å². The number of likely N-dealkylation sites (tertiary alicyclic amines) is 1. The third kappa shape index (κ3) is 3.89. The maximum atomic E-state index is 14.1. The average Bonchev–Trinajstić information content (AvgIpc) is 3.30. The monoisotopic (exact) mass is 388 g/mol. The van der Waals surface area contributed by atoms with Gasteiger partial charge in [0.2, 0.25) is 0 Å². The van der Waals surface area contributed by atoms with Crippen LogP contribution < -0.4 is 0 Å². The molecule has 0 bridgehead atoms. The summed E-state index contributed by atoms with van der Waals surface area (Å²) in [7, 11) is 2.01. The molecular formula is C19H22ClFN6.